The highest BCUT2D eigenvalue weighted by atomic mass is 35.5. The summed E-state index contributed by atoms with van der Waals surface area (Å²) in [6, 6.07) is 13.4. The zero-order valence-electron chi connectivity index (χ0n) is 23.1. The van der Waals surface area contributed by atoms with Crippen LogP contribution in [0.5, 0.6) is 0 Å². The standard InChI is InChI=1S/C29H32ClFN6O4/c1-36(2)17-25-33-26(41-35-25)13-12-22(37(3)27(38)14-11-19-9-6-10-23(31)28(19)30)18-40-29(39)34-24-15-20-7-4-5-8-21(20)16-32-24/h4-10,15-16,22H,11-14,17-18H2,1-3H3,(H,32,34,39)/t22-/m0/s1. The Morgan fingerprint density at radius 1 is 1.10 bits per heavy atom. The lowest BCUT2D eigenvalue weighted by atomic mass is 10.1. The molecule has 0 aliphatic carbocycles. The van der Waals surface area contributed by atoms with Crippen LogP contribution in [0.1, 0.15) is 30.1 Å². The van der Waals surface area contributed by atoms with Gasteiger partial charge >= 0.3 is 6.09 Å². The molecule has 4 rings (SSSR count). The van der Waals surface area contributed by atoms with Crippen molar-refractivity contribution in [3.63, 3.8) is 0 Å². The molecule has 0 radical (unpaired) electrons. The van der Waals surface area contributed by atoms with Crippen LogP contribution in [0.2, 0.25) is 5.02 Å². The summed E-state index contributed by atoms with van der Waals surface area (Å²) in [5.41, 5.74) is 0.544. The first-order chi connectivity index (χ1) is 19.7. The molecule has 216 valence electrons. The maximum absolute atomic E-state index is 13.8. The Morgan fingerprint density at radius 2 is 1.88 bits per heavy atom. The van der Waals surface area contributed by atoms with E-state index in [2.05, 4.69) is 20.4 Å². The van der Waals surface area contributed by atoms with E-state index in [-0.39, 0.29) is 30.4 Å². The SMILES string of the molecule is CN(C)Cc1noc(CC[C@@H](COC(=O)Nc2cc3ccccc3cn2)N(C)C(=O)CCc2cccc(F)c2Cl)n1. The van der Waals surface area contributed by atoms with E-state index in [0.29, 0.717) is 42.5 Å². The number of benzene rings is 2. The molecular formula is C29H32ClFN6O4. The number of aromatic nitrogens is 3. The number of fused-ring (bicyclic) bond motifs is 1. The van der Waals surface area contributed by atoms with Gasteiger partial charge in [-0.3, -0.25) is 10.1 Å². The predicted molar refractivity (Wildman–Crippen MR) is 153 cm³/mol. The molecule has 2 aromatic heterocycles. The number of hydrogen-bond donors (Lipinski definition) is 1. The molecule has 1 atom stereocenters. The third-order valence-electron chi connectivity index (χ3n) is 6.51. The molecule has 0 fully saturated rings. The second-order valence-corrected chi connectivity index (χ2v) is 10.3. The van der Waals surface area contributed by atoms with Crippen LogP contribution in [-0.4, -0.2) is 70.7 Å². The molecule has 0 unspecified atom stereocenters. The first-order valence-electron chi connectivity index (χ1n) is 13.1. The number of likely N-dealkylation sites (N-methyl/N-ethyl adjacent to an activating group) is 1. The summed E-state index contributed by atoms with van der Waals surface area (Å²) in [5, 5.41) is 8.50. The van der Waals surface area contributed by atoms with Gasteiger partial charge in [0.15, 0.2) is 5.82 Å². The van der Waals surface area contributed by atoms with Gasteiger partial charge in [-0.05, 0) is 50.0 Å². The first-order valence-corrected chi connectivity index (χ1v) is 13.5. The van der Waals surface area contributed by atoms with Gasteiger partial charge in [-0.25, -0.2) is 14.2 Å². The van der Waals surface area contributed by atoms with Crippen LogP contribution in [0.25, 0.3) is 10.8 Å². The van der Waals surface area contributed by atoms with Gasteiger partial charge < -0.3 is 19.1 Å². The molecule has 0 saturated heterocycles. The van der Waals surface area contributed by atoms with Gasteiger partial charge in [0.1, 0.15) is 18.2 Å². The van der Waals surface area contributed by atoms with Crippen LogP contribution >= 0.6 is 11.6 Å². The van der Waals surface area contributed by atoms with Crippen molar-refractivity contribution in [3.8, 4) is 0 Å². The molecule has 4 aromatic rings. The summed E-state index contributed by atoms with van der Waals surface area (Å²) in [6.07, 6.45) is 2.09. The summed E-state index contributed by atoms with van der Waals surface area (Å²) < 4.78 is 24.7. The van der Waals surface area contributed by atoms with Gasteiger partial charge in [0, 0.05) is 31.5 Å². The van der Waals surface area contributed by atoms with E-state index in [1.807, 2.05) is 43.3 Å². The Hall–Kier alpha value is -4.09. The number of carbonyl (C=O) groups excluding carboxylic acids is 2. The largest absolute Gasteiger partial charge is 0.447 e. The van der Waals surface area contributed by atoms with E-state index < -0.39 is 18.0 Å². The van der Waals surface area contributed by atoms with Gasteiger partial charge in [0.25, 0.3) is 0 Å². The third-order valence-corrected chi connectivity index (χ3v) is 6.93. The van der Waals surface area contributed by atoms with Crippen LogP contribution in [-0.2, 0) is 28.9 Å². The number of anilines is 1. The third kappa shape index (κ3) is 8.45. The molecule has 2 amide bonds. The molecule has 0 saturated carbocycles. The summed E-state index contributed by atoms with van der Waals surface area (Å²) >= 11 is 6.06. The molecule has 0 bridgehead atoms. The number of halogens is 2. The highest BCUT2D eigenvalue weighted by Crippen LogP contribution is 2.22. The van der Waals surface area contributed by atoms with Crippen molar-refractivity contribution in [2.24, 2.45) is 0 Å². The van der Waals surface area contributed by atoms with Crippen molar-refractivity contribution in [3.05, 3.63) is 82.8 Å². The van der Waals surface area contributed by atoms with E-state index in [9.17, 15) is 14.0 Å². The van der Waals surface area contributed by atoms with E-state index >= 15 is 0 Å². The molecular weight excluding hydrogens is 551 g/mol. The van der Waals surface area contributed by atoms with Gasteiger partial charge in [-0.15, -0.1) is 0 Å². The summed E-state index contributed by atoms with van der Waals surface area (Å²) in [7, 11) is 5.44. The number of pyridine rings is 1. The molecule has 0 spiro atoms. The van der Waals surface area contributed by atoms with Gasteiger partial charge in [0.05, 0.1) is 17.6 Å². The zero-order chi connectivity index (χ0) is 29.4. The fraction of sp³-hybridized carbons (Fsp3) is 0.345. The lowest BCUT2D eigenvalue weighted by molar-refractivity contribution is -0.132. The molecule has 10 nitrogen and oxygen atoms in total. The lowest BCUT2D eigenvalue weighted by Gasteiger charge is -2.28. The van der Waals surface area contributed by atoms with Crippen molar-refractivity contribution in [2.45, 2.75) is 38.3 Å². The Labute approximate surface area is 242 Å². The van der Waals surface area contributed by atoms with Crippen molar-refractivity contribution < 1.29 is 23.2 Å². The van der Waals surface area contributed by atoms with Crippen molar-refractivity contribution in [1.82, 2.24) is 24.9 Å². The van der Waals surface area contributed by atoms with Crippen LogP contribution in [0.15, 0.2) is 59.3 Å². The topological polar surface area (TPSA) is 114 Å². The highest BCUT2D eigenvalue weighted by Gasteiger charge is 2.23. The van der Waals surface area contributed by atoms with Crippen LogP contribution in [0.4, 0.5) is 15.0 Å². The van der Waals surface area contributed by atoms with Crippen LogP contribution < -0.4 is 5.32 Å². The molecule has 1 N–H and O–H groups in total. The smallest absolute Gasteiger partial charge is 0.412 e. The van der Waals surface area contributed by atoms with E-state index in [0.717, 1.165) is 10.8 Å². The summed E-state index contributed by atoms with van der Waals surface area (Å²) in [6.45, 7) is 0.446. The molecule has 0 aliphatic rings. The van der Waals surface area contributed by atoms with Crippen molar-refractivity contribution in [2.75, 3.05) is 33.1 Å². The second-order valence-electron chi connectivity index (χ2n) is 9.89. The van der Waals surface area contributed by atoms with Crippen molar-refractivity contribution >= 4 is 40.2 Å². The quantitative estimate of drug-likeness (QED) is 0.245. The number of nitrogens with zero attached hydrogens (tertiary/aromatic N) is 5. The maximum Gasteiger partial charge on any atom is 0.412 e. The van der Waals surface area contributed by atoms with E-state index in [4.69, 9.17) is 20.9 Å². The number of ether oxygens (including phenoxy) is 1. The van der Waals surface area contributed by atoms with Gasteiger partial charge in [-0.2, -0.15) is 4.98 Å². The first kappa shape index (κ1) is 29.9. The number of aryl methyl sites for hydroxylation is 2. The van der Waals surface area contributed by atoms with E-state index in [1.54, 1.807) is 31.4 Å². The predicted octanol–water partition coefficient (Wildman–Crippen LogP) is 5.11. The summed E-state index contributed by atoms with van der Waals surface area (Å²) in [5.74, 6) is 0.576. The van der Waals surface area contributed by atoms with Crippen LogP contribution in [0.3, 0.4) is 0 Å². The minimum absolute atomic E-state index is 0.00623. The normalized spacial score (nSPS) is 12.0. The number of nitrogens with one attached hydrogen (secondary N) is 1. The molecule has 12 heteroatoms. The van der Waals surface area contributed by atoms with Crippen molar-refractivity contribution in [1.29, 1.82) is 0 Å². The highest BCUT2D eigenvalue weighted by molar-refractivity contribution is 6.31. The monoisotopic (exact) mass is 582 g/mol. The fourth-order valence-electron chi connectivity index (χ4n) is 4.25. The van der Waals surface area contributed by atoms with Crippen LogP contribution in [0, 0.1) is 5.82 Å². The number of amides is 2. The van der Waals surface area contributed by atoms with Gasteiger partial charge in [0.2, 0.25) is 11.8 Å². The molecule has 2 aromatic carbocycles. The molecule has 2 heterocycles. The number of rotatable bonds is 12. The minimum Gasteiger partial charge on any atom is -0.447 e. The maximum atomic E-state index is 13.8. The average molecular weight is 583 g/mol. The Balaban J connectivity index is 1.39. The Bertz CT molecular complexity index is 1500. The molecule has 41 heavy (non-hydrogen) atoms. The number of carbonyl (C=O) groups is 2. The minimum atomic E-state index is -0.698. The Kier molecular flexibility index (Phi) is 10.2. The lowest BCUT2D eigenvalue weighted by Crippen LogP contribution is -2.41. The average Bonchev–Trinajstić information content (AvgIpc) is 3.39. The van der Waals surface area contributed by atoms with Gasteiger partial charge in [-0.1, -0.05) is 53.2 Å². The number of hydrogen-bond acceptors (Lipinski definition) is 8. The van der Waals surface area contributed by atoms with E-state index in [1.165, 1.54) is 11.0 Å². The molecule has 0 aliphatic heterocycles. The Morgan fingerprint density at radius 3 is 2.66 bits per heavy atom. The second kappa shape index (κ2) is 14.0. The zero-order valence-corrected chi connectivity index (χ0v) is 23.9. The summed E-state index contributed by atoms with van der Waals surface area (Å²) in [4.78, 5) is 37.8. The fourth-order valence-corrected chi connectivity index (χ4v) is 4.47.